The molecule has 0 aliphatic rings. The van der Waals surface area contributed by atoms with Crippen molar-refractivity contribution < 1.29 is 13.2 Å². The van der Waals surface area contributed by atoms with Gasteiger partial charge in [-0.15, -0.1) is 0 Å². The maximum atomic E-state index is 12.4. The van der Waals surface area contributed by atoms with Crippen molar-refractivity contribution in [3.8, 4) is 11.3 Å². The van der Waals surface area contributed by atoms with Crippen LogP contribution in [-0.4, -0.2) is 25.6 Å². The van der Waals surface area contributed by atoms with Gasteiger partial charge in [-0.2, -0.15) is 0 Å². The van der Waals surface area contributed by atoms with E-state index >= 15 is 0 Å². The standard InChI is InChI=1S/C18H15ClN2O3S/c1-25(23,24)14-7-8-15(16(19)11-14)18(22)21-13-5-2-4-12(10-13)17-6-3-9-20-17/h2-11,20H,1H3,(H,21,22). The number of anilines is 1. The average Bonchev–Trinajstić information content (AvgIpc) is 3.08. The Kier molecular flexibility index (Phi) is 4.65. The van der Waals surface area contributed by atoms with Crippen LogP contribution < -0.4 is 5.32 Å². The Balaban J connectivity index is 1.85. The van der Waals surface area contributed by atoms with E-state index in [9.17, 15) is 13.2 Å². The highest BCUT2D eigenvalue weighted by molar-refractivity contribution is 7.90. The zero-order valence-electron chi connectivity index (χ0n) is 13.3. The smallest absolute Gasteiger partial charge is 0.257 e. The number of hydrogen-bond donors (Lipinski definition) is 2. The van der Waals surface area contributed by atoms with E-state index in [1.54, 1.807) is 6.07 Å². The van der Waals surface area contributed by atoms with Gasteiger partial charge in [-0.3, -0.25) is 4.79 Å². The van der Waals surface area contributed by atoms with Gasteiger partial charge in [0.05, 0.1) is 15.5 Å². The molecule has 1 heterocycles. The molecular formula is C18H15ClN2O3S. The van der Waals surface area contributed by atoms with Crippen molar-refractivity contribution in [2.45, 2.75) is 4.90 Å². The topological polar surface area (TPSA) is 79.0 Å². The van der Waals surface area contributed by atoms with Gasteiger partial charge in [-0.05, 0) is 48.0 Å². The molecule has 3 rings (SSSR count). The summed E-state index contributed by atoms with van der Waals surface area (Å²) in [4.78, 5) is 15.6. The molecule has 128 valence electrons. The van der Waals surface area contributed by atoms with Crippen LogP contribution in [0, 0.1) is 0 Å². The number of nitrogens with one attached hydrogen (secondary N) is 2. The van der Waals surface area contributed by atoms with Crippen molar-refractivity contribution in [1.82, 2.24) is 4.98 Å². The molecule has 0 aliphatic heterocycles. The molecule has 0 radical (unpaired) electrons. The molecule has 0 bridgehead atoms. The molecule has 2 N–H and O–H groups in total. The third kappa shape index (κ3) is 3.92. The third-order valence-electron chi connectivity index (χ3n) is 3.64. The summed E-state index contributed by atoms with van der Waals surface area (Å²) in [6.07, 6.45) is 2.91. The molecule has 0 saturated carbocycles. The minimum atomic E-state index is -3.38. The fourth-order valence-electron chi connectivity index (χ4n) is 2.38. The number of aromatic nitrogens is 1. The van der Waals surface area contributed by atoms with Gasteiger partial charge in [0.2, 0.25) is 0 Å². The molecule has 2 aromatic carbocycles. The first-order chi connectivity index (χ1) is 11.8. The van der Waals surface area contributed by atoms with Crippen LogP contribution in [0.1, 0.15) is 10.4 Å². The van der Waals surface area contributed by atoms with Crippen molar-refractivity contribution in [2.75, 3.05) is 11.6 Å². The zero-order valence-corrected chi connectivity index (χ0v) is 14.9. The van der Waals surface area contributed by atoms with Gasteiger partial charge in [-0.1, -0.05) is 23.7 Å². The zero-order chi connectivity index (χ0) is 18.0. The van der Waals surface area contributed by atoms with Gasteiger partial charge >= 0.3 is 0 Å². The van der Waals surface area contributed by atoms with E-state index in [0.717, 1.165) is 17.5 Å². The predicted molar refractivity (Wildman–Crippen MR) is 98.7 cm³/mol. The van der Waals surface area contributed by atoms with Crippen LogP contribution in [0.3, 0.4) is 0 Å². The lowest BCUT2D eigenvalue weighted by Gasteiger charge is -2.09. The van der Waals surface area contributed by atoms with Crippen molar-refractivity contribution in [1.29, 1.82) is 0 Å². The summed E-state index contributed by atoms with van der Waals surface area (Å²) in [5.41, 5.74) is 2.69. The molecule has 0 unspecified atom stereocenters. The van der Waals surface area contributed by atoms with Crippen LogP contribution in [0.25, 0.3) is 11.3 Å². The van der Waals surface area contributed by atoms with E-state index in [4.69, 9.17) is 11.6 Å². The number of carbonyl (C=O) groups is 1. The number of halogens is 1. The van der Waals surface area contributed by atoms with Crippen LogP contribution in [0.15, 0.2) is 65.7 Å². The Bertz CT molecular complexity index is 1030. The molecule has 3 aromatic rings. The Hall–Kier alpha value is -2.57. The summed E-state index contributed by atoms with van der Waals surface area (Å²) in [5.74, 6) is -0.409. The highest BCUT2D eigenvalue weighted by Crippen LogP contribution is 2.24. The lowest BCUT2D eigenvalue weighted by Crippen LogP contribution is -2.13. The van der Waals surface area contributed by atoms with Crippen molar-refractivity contribution >= 4 is 33.0 Å². The second-order valence-corrected chi connectivity index (χ2v) is 7.96. The van der Waals surface area contributed by atoms with Crippen LogP contribution in [0.4, 0.5) is 5.69 Å². The highest BCUT2D eigenvalue weighted by atomic mass is 35.5. The van der Waals surface area contributed by atoms with Crippen molar-refractivity contribution in [3.63, 3.8) is 0 Å². The molecule has 1 aromatic heterocycles. The lowest BCUT2D eigenvalue weighted by atomic mass is 10.1. The Morgan fingerprint density at radius 3 is 2.52 bits per heavy atom. The summed E-state index contributed by atoms with van der Waals surface area (Å²) in [6, 6.07) is 15.2. The summed E-state index contributed by atoms with van der Waals surface area (Å²) in [5, 5.41) is 2.86. The molecule has 0 aliphatic carbocycles. The summed E-state index contributed by atoms with van der Waals surface area (Å²) in [6.45, 7) is 0. The number of sulfone groups is 1. The van der Waals surface area contributed by atoms with E-state index < -0.39 is 15.7 Å². The summed E-state index contributed by atoms with van der Waals surface area (Å²) < 4.78 is 23.1. The van der Waals surface area contributed by atoms with Gasteiger partial charge in [0.15, 0.2) is 9.84 Å². The number of amides is 1. The second kappa shape index (κ2) is 6.74. The SMILES string of the molecule is CS(=O)(=O)c1ccc(C(=O)Nc2cccc(-c3ccc[nH]3)c2)c(Cl)c1. The second-order valence-electron chi connectivity index (χ2n) is 5.53. The van der Waals surface area contributed by atoms with Gasteiger partial charge in [0, 0.05) is 23.8 Å². The highest BCUT2D eigenvalue weighted by Gasteiger charge is 2.15. The average molecular weight is 375 g/mol. The predicted octanol–water partition coefficient (Wildman–Crippen LogP) is 3.99. The number of carbonyl (C=O) groups excluding carboxylic acids is 1. The minimum absolute atomic E-state index is 0.0720. The van der Waals surface area contributed by atoms with Gasteiger partial charge < -0.3 is 10.3 Å². The summed E-state index contributed by atoms with van der Waals surface area (Å²) >= 11 is 6.08. The van der Waals surface area contributed by atoms with E-state index in [1.807, 2.05) is 36.5 Å². The van der Waals surface area contributed by atoms with E-state index in [-0.39, 0.29) is 15.5 Å². The van der Waals surface area contributed by atoms with Crippen LogP contribution >= 0.6 is 11.6 Å². The molecule has 5 nitrogen and oxygen atoms in total. The first-order valence-corrected chi connectivity index (χ1v) is 9.66. The number of aromatic amines is 1. The van der Waals surface area contributed by atoms with Crippen LogP contribution in [-0.2, 0) is 9.84 Å². The Labute approximate surface area is 150 Å². The van der Waals surface area contributed by atoms with Crippen LogP contribution in [0.2, 0.25) is 5.02 Å². The van der Waals surface area contributed by atoms with Crippen LogP contribution in [0.5, 0.6) is 0 Å². The number of rotatable bonds is 4. The maximum absolute atomic E-state index is 12.4. The molecule has 0 spiro atoms. The lowest BCUT2D eigenvalue weighted by molar-refractivity contribution is 0.102. The Morgan fingerprint density at radius 1 is 1.08 bits per heavy atom. The van der Waals surface area contributed by atoms with Gasteiger partial charge in [0.25, 0.3) is 5.91 Å². The number of hydrogen-bond acceptors (Lipinski definition) is 3. The number of benzene rings is 2. The molecular weight excluding hydrogens is 360 g/mol. The van der Waals surface area contributed by atoms with Crippen molar-refractivity contribution in [3.05, 3.63) is 71.4 Å². The normalized spacial score (nSPS) is 11.3. The largest absolute Gasteiger partial charge is 0.361 e. The molecule has 0 saturated heterocycles. The first-order valence-electron chi connectivity index (χ1n) is 7.39. The van der Waals surface area contributed by atoms with Gasteiger partial charge in [-0.25, -0.2) is 8.42 Å². The molecule has 1 amide bonds. The molecule has 0 fully saturated rings. The van der Waals surface area contributed by atoms with E-state index in [0.29, 0.717) is 5.69 Å². The van der Waals surface area contributed by atoms with Gasteiger partial charge in [0.1, 0.15) is 0 Å². The number of H-pyrrole nitrogens is 1. The van der Waals surface area contributed by atoms with Crippen molar-refractivity contribution in [2.24, 2.45) is 0 Å². The first kappa shape index (κ1) is 17.3. The minimum Gasteiger partial charge on any atom is -0.361 e. The van der Waals surface area contributed by atoms with E-state index in [2.05, 4.69) is 10.3 Å². The molecule has 7 heteroatoms. The molecule has 0 atom stereocenters. The fraction of sp³-hybridized carbons (Fsp3) is 0.0556. The maximum Gasteiger partial charge on any atom is 0.257 e. The fourth-order valence-corrected chi connectivity index (χ4v) is 3.36. The van der Waals surface area contributed by atoms with E-state index in [1.165, 1.54) is 18.2 Å². The third-order valence-corrected chi connectivity index (χ3v) is 5.07. The quantitative estimate of drug-likeness (QED) is 0.724. The Morgan fingerprint density at radius 2 is 1.88 bits per heavy atom. The summed E-state index contributed by atoms with van der Waals surface area (Å²) in [7, 11) is -3.38. The molecule has 25 heavy (non-hydrogen) atoms. The monoisotopic (exact) mass is 374 g/mol.